The van der Waals surface area contributed by atoms with Crippen LogP contribution in [0.5, 0.6) is 0 Å². The summed E-state index contributed by atoms with van der Waals surface area (Å²) in [5, 5.41) is 0. The Bertz CT molecular complexity index is 139. The van der Waals surface area contributed by atoms with Crippen molar-refractivity contribution < 1.29 is 9.53 Å². The summed E-state index contributed by atoms with van der Waals surface area (Å²) >= 11 is 2.06. The average Bonchev–Trinajstić information content (AvgIpc) is 2.14. The monoisotopic (exact) mass is 224 g/mol. The molecule has 44 valence electrons. The SMILES string of the molecule is O=C1CC/C(=C\I)O1. The maximum Gasteiger partial charge on any atom is 0.311 e. The van der Waals surface area contributed by atoms with Crippen molar-refractivity contribution in [3.05, 3.63) is 9.84 Å². The second-order valence-corrected chi connectivity index (χ2v) is 2.17. The predicted molar refractivity (Wildman–Crippen MR) is 37.4 cm³/mol. The highest BCUT2D eigenvalue weighted by Gasteiger charge is 2.15. The Morgan fingerprint density at radius 3 is 2.62 bits per heavy atom. The zero-order chi connectivity index (χ0) is 5.98. The Morgan fingerprint density at radius 2 is 2.38 bits per heavy atom. The molecule has 0 N–H and O–H groups in total. The Hall–Kier alpha value is -0.0600. The first kappa shape index (κ1) is 6.07. The summed E-state index contributed by atoms with van der Waals surface area (Å²) in [5.41, 5.74) is 0. The zero-order valence-corrected chi connectivity index (χ0v) is 6.34. The van der Waals surface area contributed by atoms with Crippen molar-refractivity contribution in [2.24, 2.45) is 0 Å². The van der Waals surface area contributed by atoms with Crippen LogP contribution in [0.4, 0.5) is 0 Å². The van der Waals surface area contributed by atoms with E-state index in [2.05, 4.69) is 22.6 Å². The minimum atomic E-state index is -0.104. The van der Waals surface area contributed by atoms with E-state index in [9.17, 15) is 4.79 Å². The number of halogens is 1. The van der Waals surface area contributed by atoms with Gasteiger partial charge in [-0.2, -0.15) is 0 Å². The fourth-order valence-electron chi connectivity index (χ4n) is 0.550. The molecule has 0 spiro atoms. The molecule has 1 fully saturated rings. The summed E-state index contributed by atoms with van der Waals surface area (Å²) in [6.07, 6.45) is 1.33. The van der Waals surface area contributed by atoms with Gasteiger partial charge in [0.15, 0.2) is 0 Å². The van der Waals surface area contributed by atoms with Crippen LogP contribution in [0.3, 0.4) is 0 Å². The molecule has 0 aromatic carbocycles. The van der Waals surface area contributed by atoms with Crippen LogP contribution >= 0.6 is 22.6 Å². The van der Waals surface area contributed by atoms with Gasteiger partial charge in [-0.25, -0.2) is 0 Å². The first-order valence-electron chi connectivity index (χ1n) is 2.33. The molecule has 0 saturated carbocycles. The van der Waals surface area contributed by atoms with Gasteiger partial charge in [0, 0.05) is 10.5 Å². The molecular formula is C5H5IO2. The minimum Gasteiger partial charge on any atom is -0.431 e. The van der Waals surface area contributed by atoms with E-state index >= 15 is 0 Å². The highest BCUT2D eigenvalue weighted by Crippen LogP contribution is 2.18. The lowest BCUT2D eigenvalue weighted by molar-refractivity contribution is -0.135. The number of ether oxygens (including phenoxy) is 1. The fraction of sp³-hybridized carbons (Fsp3) is 0.400. The molecule has 1 aliphatic rings. The molecule has 2 nitrogen and oxygen atoms in total. The van der Waals surface area contributed by atoms with E-state index < -0.39 is 0 Å². The van der Waals surface area contributed by atoms with Crippen LogP contribution in [0.15, 0.2) is 9.84 Å². The topological polar surface area (TPSA) is 26.3 Å². The molecule has 0 bridgehead atoms. The van der Waals surface area contributed by atoms with Gasteiger partial charge < -0.3 is 4.74 Å². The summed E-state index contributed by atoms with van der Waals surface area (Å²) in [6, 6.07) is 0. The Labute approximate surface area is 61.0 Å². The van der Waals surface area contributed by atoms with Crippen LogP contribution in [-0.4, -0.2) is 5.97 Å². The Balaban J connectivity index is 2.56. The molecule has 8 heavy (non-hydrogen) atoms. The summed E-state index contributed by atoms with van der Waals surface area (Å²) in [5.74, 6) is 0.698. The summed E-state index contributed by atoms with van der Waals surface area (Å²) < 4.78 is 6.52. The van der Waals surface area contributed by atoms with Gasteiger partial charge in [-0.3, -0.25) is 4.79 Å². The van der Waals surface area contributed by atoms with E-state index in [4.69, 9.17) is 4.74 Å². The molecular weight excluding hydrogens is 219 g/mol. The molecule has 0 unspecified atom stereocenters. The van der Waals surface area contributed by atoms with Crippen LogP contribution < -0.4 is 0 Å². The van der Waals surface area contributed by atoms with Crippen LogP contribution in [0.25, 0.3) is 0 Å². The van der Waals surface area contributed by atoms with E-state index in [1.54, 1.807) is 4.08 Å². The number of hydrogen-bond donors (Lipinski definition) is 0. The quantitative estimate of drug-likeness (QED) is 0.461. The lowest BCUT2D eigenvalue weighted by Crippen LogP contribution is -1.88. The van der Waals surface area contributed by atoms with Gasteiger partial charge in [0.25, 0.3) is 0 Å². The van der Waals surface area contributed by atoms with E-state index in [1.165, 1.54) is 0 Å². The van der Waals surface area contributed by atoms with Gasteiger partial charge in [-0.1, -0.05) is 0 Å². The normalized spacial score (nSPS) is 24.1. The Morgan fingerprint density at radius 1 is 1.62 bits per heavy atom. The van der Waals surface area contributed by atoms with Gasteiger partial charge in [0.1, 0.15) is 5.76 Å². The molecule has 0 atom stereocenters. The number of hydrogen-bond acceptors (Lipinski definition) is 2. The minimum absolute atomic E-state index is 0.104. The second kappa shape index (κ2) is 2.48. The largest absolute Gasteiger partial charge is 0.431 e. The maximum atomic E-state index is 10.3. The fourth-order valence-corrected chi connectivity index (χ4v) is 0.989. The molecule has 1 heterocycles. The smallest absolute Gasteiger partial charge is 0.311 e. The number of cyclic esters (lactones) is 1. The van der Waals surface area contributed by atoms with Gasteiger partial charge in [0.05, 0.1) is 6.42 Å². The van der Waals surface area contributed by atoms with E-state index in [0.29, 0.717) is 6.42 Å². The lowest BCUT2D eigenvalue weighted by atomic mass is 10.3. The third-order valence-electron chi connectivity index (χ3n) is 0.942. The molecule has 0 aliphatic carbocycles. The summed E-state index contributed by atoms with van der Waals surface area (Å²) in [6.45, 7) is 0. The van der Waals surface area contributed by atoms with Crippen molar-refractivity contribution in [2.75, 3.05) is 0 Å². The van der Waals surface area contributed by atoms with Crippen molar-refractivity contribution >= 4 is 28.6 Å². The van der Waals surface area contributed by atoms with Crippen molar-refractivity contribution in [3.8, 4) is 0 Å². The van der Waals surface area contributed by atoms with Gasteiger partial charge in [-0.15, -0.1) is 0 Å². The average molecular weight is 224 g/mol. The second-order valence-electron chi connectivity index (χ2n) is 1.55. The first-order chi connectivity index (χ1) is 3.83. The van der Waals surface area contributed by atoms with Gasteiger partial charge >= 0.3 is 5.97 Å². The van der Waals surface area contributed by atoms with Crippen molar-refractivity contribution in [3.63, 3.8) is 0 Å². The number of carbonyl (C=O) groups is 1. The molecule has 0 amide bonds. The molecule has 1 rings (SSSR count). The van der Waals surface area contributed by atoms with Gasteiger partial charge in [-0.05, 0) is 22.6 Å². The number of allylic oxidation sites excluding steroid dienone is 1. The first-order valence-corrected chi connectivity index (χ1v) is 3.57. The zero-order valence-electron chi connectivity index (χ0n) is 4.19. The molecule has 0 radical (unpaired) electrons. The molecule has 0 aromatic heterocycles. The van der Waals surface area contributed by atoms with Crippen LogP contribution in [-0.2, 0) is 9.53 Å². The lowest BCUT2D eigenvalue weighted by Gasteiger charge is -1.88. The van der Waals surface area contributed by atoms with Crippen LogP contribution in [0, 0.1) is 0 Å². The van der Waals surface area contributed by atoms with Crippen LogP contribution in [0.2, 0.25) is 0 Å². The van der Waals surface area contributed by atoms with Gasteiger partial charge in [0.2, 0.25) is 0 Å². The predicted octanol–water partition coefficient (Wildman–Crippen LogP) is 1.60. The Kier molecular flexibility index (Phi) is 1.88. The summed E-state index contributed by atoms with van der Waals surface area (Å²) in [4.78, 5) is 10.3. The highest BCUT2D eigenvalue weighted by atomic mass is 127. The molecule has 1 saturated heterocycles. The standard InChI is InChI=1S/C5H5IO2/c6-3-4-1-2-5(7)8-4/h3H,1-2H2/b4-3+. The van der Waals surface area contributed by atoms with Crippen molar-refractivity contribution in [1.29, 1.82) is 0 Å². The third-order valence-corrected chi connectivity index (χ3v) is 1.64. The van der Waals surface area contributed by atoms with E-state index in [0.717, 1.165) is 12.2 Å². The number of esters is 1. The summed E-state index contributed by atoms with van der Waals surface area (Å²) in [7, 11) is 0. The maximum absolute atomic E-state index is 10.3. The highest BCUT2D eigenvalue weighted by molar-refractivity contribution is 14.1. The van der Waals surface area contributed by atoms with E-state index in [-0.39, 0.29) is 5.97 Å². The number of carbonyl (C=O) groups excluding carboxylic acids is 1. The van der Waals surface area contributed by atoms with Crippen molar-refractivity contribution in [1.82, 2.24) is 0 Å². The third kappa shape index (κ3) is 1.21. The van der Waals surface area contributed by atoms with E-state index in [1.807, 2.05) is 0 Å². The molecule has 3 heteroatoms. The van der Waals surface area contributed by atoms with Crippen molar-refractivity contribution in [2.45, 2.75) is 12.8 Å². The molecule has 1 aliphatic heterocycles. The molecule has 0 aromatic rings. The number of rotatable bonds is 0. The van der Waals surface area contributed by atoms with Crippen LogP contribution in [0.1, 0.15) is 12.8 Å².